The maximum atomic E-state index is 10.7. The SMILES string of the molecule is Cc1ccc([S+](C)c2ccc(C)cc2)cc1.O=S(=O)([O-])C(F)(F)F. The molecular formula is C16H17F3O3S2. The van der Waals surface area contributed by atoms with Crippen molar-refractivity contribution in [2.45, 2.75) is 29.1 Å². The zero-order valence-corrected chi connectivity index (χ0v) is 14.9. The molecule has 0 unspecified atom stereocenters. The summed E-state index contributed by atoms with van der Waals surface area (Å²) < 4.78 is 58.9. The van der Waals surface area contributed by atoms with Crippen LogP contribution in [0.2, 0.25) is 0 Å². The molecule has 2 aromatic carbocycles. The van der Waals surface area contributed by atoms with Crippen LogP contribution < -0.4 is 0 Å². The molecule has 24 heavy (non-hydrogen) atoms. The first-order chi connectivity index (χ1) is 10.9. The van der Waals surface area contributed by atoms with E-state index in [-0.39, 0.29) is 10.9 Å². The molecule has 2 rings (SSSR count). The smallest absolute Gasteiger partial charge is 0.485 e. The zero-order valence-electron chi connectivity index (χ0n) is 13.3. The maximum absolute atomic E-state index is 10.7. The van der Waals surface area contributed by atoms with Crippen molar-refractivity contribution < 1.29 is 26.1 Å². The van der Waals surface area contributed by atoms with E-state index < -0.39 is 15.6 Å². The average molecular weight is 378 g/mol. The van der Waals surface area contributed by atoms with Crippen LogP contribution >= 0.6 is 0 Å². The molecule has 132 valence electrons. The van der Waals surface area contributed by atoms with E-state index in [2.05, 4.69) is 68.6 Å². The third-order valence-corrected chi connectivity index (χ3v) is 5.56. The molecule has 8 heteroatoms. The Kier molecular flexibility index (Phi) is 6.88. The molecule has 2 aromatic rings. The van der Waals surface area contributed by atoms with E-state index in [9.17, 15) is 13.2 Å². The highest BCUT2D eigenvalue weighted by Gasteiger charge is 2.36. The fraction of sp³-hybridized carbons (Fsp3) is 0.250. The average Bonchev–Trinajstić information content (AvgIpc) is 2.47. The molecule has 0 amide bonds. The Bertz CT molecular complexity index is 707. The number of rotatable bonds is 2. The predicted octanol–water partition coefficient (Wildman–Crippen LogP) is 4.02. The molecule has 0 heterocycles. The first-order valence-corrected chi connectivity index (χ1v) is 9.77. The number of alkyl halides is 3. The van der Waals surface area contributed by atoms with Gasteiger partial charge < -0.3 is 4.55 Å². The van der Waals surface area contributed by atoms with Gasteiger partial charge in [-0.2, -0.15) is 13.2 Å². The van der Waals surface area contributed by atoms with Crippen molar-refractivity contribution >= 4 is 21.0 Å². The van der Waals surface area contributed by atoms with Gasteiger partial charge in [-0.1, -0.05) is 35.4 Å². The summed E-state index contributed by atoms with van der Waals surface area (Å²) in [6.07, 6.45) is 2.29. The number of hydrogen-bond donors (Lipinski definition) is 0. The Labute approximate surface area is 142 Å². The standard InChI is InChI=1S/C15H17S.CHF3O3S/c1-12-4-8-14(9-5-12)16(3)15-10-6-13(2)7-11-15;2-1(3,4)8(5,6)7/h4-11H,1-3H3;(H,5,6,7)/q+1;/p-1. The van der Waals surface area contributed by atoms with Crippen molar-refractivity contribution in [1.29, 1.82) is 0 Å². The predicted molar refractivity (Wildman–Crippen MR) is 87.9 cm³/mol. The first kappa shape index (κ1) is 20.5. The number of hydrogen-bond acceptors (Lipinski definition) is 3. The van der Waals surface area contributed by atoms with E-state index in [1.54, 1.807) is 0 Å². The highest BCUT2D eigenvalue weighted by molar-refractivity contribution is 7.96. The molecule has 0 fully saturated rings. The largest absolute Gasteiger partial charge is 0.741 e. The molecular weight excluding hydrogens is 361 g/mol. The molecule has 0 spiro atoms. The van der Waals surface area contributed by atoms with Gasteiger partial charge >= 0.3 is 5.51 Å². The lowest BCUT2D eigenvalue weighted by molar-refractivity contribution is -0.0517. The number of halogens is 3. The van der Waals surface area contributed by atoms with E-state index >= 15 is 0 Å². The van der Waals surface area contributed by atoms with Crippen molar-refractivity contribution in [3.05, 3.63) is 59.7 Å². The third-order valence-electron chi connectivity index (χ3n) is 3.03. The van der Waals surface area contributed by atoms with Gasteiger partial charge in [0.15, 0.2) is 19.9 Å². The van der Waals surface area contributed by atoms with Gasteiger partial charge in [0.25, 0.3) is 0 Å². The Balaban J connectivity index is 0.000000307. The van der Waals surface area contributed by atoms with E-state index in [1.807, 2.05) is 0 Å². The lowest BCUT2D eigenvalue weighted by Crippen LogP contribution is -2.21. The van der Waals surface area contributed by atoms with Gasteiger partial charge in [-0.25, -0.2) is 8.42 Å². The van der Waals surface area contributed by atoms with Crippen LogP contribution in [0, 0.1) is 13.8 Å². The van der Waals surface area contributed by atoms with Gasteiger partial charge in [-0.15, -0.1) is 0 Å². The van der Waals surface area contributed by atoms with Gasteiger partial charge in [-0.05, 0) is 38.1 Å². The van der Waals surface area contributed by atoms with Crippen LogP contribution in [0.25, 0.3) is 0 Å². The summed E-state index contributed by atoms with van der Waals surface area (Å²) in [6.45, 7) is 4.26. The normalized spacial score (nSPS) is 11.8. The quantitative estimate of drug-likeness (QED) is 0.451. The van der Waals surface area contributed by atoms with Crippen molar-refractivity contribution in [1.82, 2.24) is 0 Å². The summed E-state index contributed by atoms with van der Waals surface area (Å²) in [7, 11) is -5.90. The van der Waals surface area contributed by atoms with Crippen molar-refractivity contribution in [3.63, 3.8) is 0 Å². The maximum Gasteiger partial charge on any atom is 0.485 e. The van der Waals surface area contributed by atoms with E-state index in [1.165, 1.54) is 20.9 Å². The molecule has 0 saturated heterocycles. The van der Waals surface area contributed by atoms with Crippen LogP contribution in [0.5, 0.6) is 0 Å². The lowest BCUT2D eigenvalue weighted by atomic mass is 10.2. The molecule has 0 N–H and O–H groups in total. The van der Waals surface area contributed by atoms with E-state index in [0.717, 1.165) is 0 Å². The summed E-state index contributed by atoms with van der Waals surface area (Å²) in [6, 6.07) is 17.7. The molecule has 0 bridgehead atoms. The van der Waals surface area contributed by atoms with Crippen LogP contribution in [-0.4, -0.2) is 24.7 Å². The Morgan fingerprint density at radius 3 is 1.29 bits per heavy atom. The fourth-order valence-electron chi connectivity index (χ4n) is 1.62. The minimum atomic E-state index is -6.09. The molecule has 0 radical (unpaired) electrons. The molecule has 0 aromatic heterocycles. The molecule has 0 aliphatic rings. The monoisotopic (exact) mass is 378 g/mol. The van der Waals surface area contributed by atoms with E-state index in [0.29, 0.717) is 0 Å². The highest BCUT2D eigenvalue weighted by atomic mass is 32.2. The zero-order chi connectivity index (χ0) is 18.5. The summed E-state index contributed by atoms with van der Waals surface area (Å²) >= 11 is 0. The van der Waals surface area contributed by atoms with Crippen molar-refractivity contribution in [3.8, 4) is 0 Å². The van der Waals surface area contributed by atoms with Crippen LogP contribution in [0.3, 0.4) is 0 Å². The minimum absolute atomic E-state index is 0.187. The second kappa shape index (κ2) is 8.04. The molecule has 0 aliphatic carbocycles. The van der Waals surface area contributed by atoms with Gasteiger partial charge in [-0.3, -0.25) is 0 Å². The summed E-state index contributed by atoms with van der Waals surface area (Å²) in [5.41, 5.74) is -3.00. The second-order valence-electron chi connectivity index (χ2n) is 5.04. The van der Waals surface area contributed by atoms with Crippen LogP contribution in [0.4, 0.5) is 13.2 Å². The fourth-order valence-corrected chi connectivity index (χ4v) is 2.98. The summed E-state index contributed by atoms with van der Waals surface area (Å²) in [5, 5.41) is 0. The minimum Gasteiger partial charge on any atom is -0.741 e. The molecule has 0 saturated carbocycles. The Morgan fingerprint density at radius 2 is 1.08 bits per heavy atom. The molecule has 3 nitrogen and oxygen atoms in total. The van der Waals surface area contributed by atoms with Crippen molar-refractivity contribution in [2.24, 2.45) is 0 Å². The van der Waals surface area contributed by atoms with Gasteiger partial charge in [0.2, 0.25) is 0 Å². The van der Waals surface area contributed by atoms with Gasteiger partial charge in [0.05, 0.1) is 10.9 Å². The highest BCUT2D eigenvalue weighted by Crippen LogP contribution is 2.22. The number of aryl methyl sites for hydroxylation is 2. The van der Waals surface area contributed by atoms with Gasteiger partial charge in [0, 0.05) is 0 Å². The van der Waals surface area contributed by atoms with Crippen LogP contribution in [0.1, 0.15) is 11.1 Å². The van der Waals surface area contributed by atoms with Crippen LogP contribution in [0.15, 0.2) is 58.3 Å². The first-order valence-electron chi connectivity index (χ1n) is 6.73. The number of benzene rings is 2. The Morgan fingerprint density at radius 1 is 0.833 bits per heavy atom. The summed E-state index contributed by atoms with van der Waals surface area (Å²) in [4.78, 5) is 2.82. The van der Waals surface area contributed by atoms with Gasteiger partial charge in [0.1, 0.15) is 6.26 Å². The Hall–Kier alpha value is -1.51. The lowest BCUT2D eigenvalue weighted by Gasteiger charge is -2.08. The molecule has 0 atom stereocenters. The summed E-state index contributed by atoms with van der Waals surface area (Å²) in [5.74, 6) is 0. The van der Waals surface area contributed by atoms with E-state index in [4.69, 9.17) is 13.0 Å². The second-order valence-corrected chi connectivity index (χ2v) is 8.37. The van der Waals surface area contributed by atoms with Crippen LogP contribution in [-0.2, 0) is 21.0 Å². The molecule has 0 aliphatic heterocycles. The topological polar surface area (TPSA) is 57.2 Å². The third kappa shape index (κ3) is 6.18. The van der Waals surface area contributed by atoms with Crippen molar-refractivity contribution in [2.75, 3.05) is 6.26 Å².